The highest BCUT2D eigenvalue weighted by Crippen LogP contribution is 2.36. The molecule has 10 nitrogen and oxygen atoms in total. The highest BCUT2D eigenvalue weighted by Gasteiger charge is 2.34. The van der Waals surface area contributed by atoms with Gasteiger partial charge in [-0.3, -0.25) is 14.9 Å². The van der Waals surface area contributed by atoms with Crippen molar-refractivity contribution >= 4 is 48.3 Å². The van der Waals surface area contributed by atoms with Crippen molar-refractivity contribution < 1.29 is 22.9 Å². The zero-order valence-corrected chi connectivity index (χ0v) is 16.3. The molecule has 1 unspecified atom stereocenters. The number of amides is 1. The van der Waals surface area contributed by atoms with Crippen LogP contribution in [-0.4, -0.2) is 54.5 Å². The van der Waals surface area contributed by atoms with E-state index in [1.807, 2.05) is 0 Å². The summed E-state index contributed by atoms with van der Waals surface area (Å²) in [5.74, 6) is -0.237. The molecule has 0 saturated carbocycles. The fourth-order valence-corrected chi connectivity index (χ4v) is 5.10. The van der Waals surface area contributed by atoms with E-state index in [4.69, 9.17) is 4.74 Å². The summed E-state index contributed by atoms with van der Waals surface area (Å²) < 4.78 is 30.7. The van der Waals surface area contributed by atoms with Crippen LogP contribution in [0.5, 0.6) is 5.75 Å². The number of sulfonamides is 1. The van der Waals surface area contributed by atoms with Crippen LogP contribution in [0.15, 0.2) is 12.1 Å². The summed E-state index contributed by atoms with van der Waals surface area (Å²) in [6.07, 6.45) is 2.97. The fraction of sp³-hybridized carbons (Fsp3) is 0.467. The number of fused-ring (bicyclic) bond motifs is 1. The van der Waals surface area contributed by atoms with Crippen molar-refractivity contribution in [3.05, 3.63) is 22.2 Å². The SMILES string of the molecule is COc1cc([N+](=O)[O-])cc2sc(NC(=O)C3CCCCN3S(C)(=O)=O)nc12. The van der Waals surface area contributed by atoms with Crippen LogP contribution in [0.25, 0.3) is 10.2 Å². The zero-order chi connectivity index (χ0) is 19.8. The van der Waals surface area contributed by atoms with Crippen molar-refractivity contribution in [3.63, 3.8) is 0 Å². The number of carbonyl (C=O) groups is 1. The van der Waals surface area contributed by atoms with Gasteiger partial charge in [-0.2, -0.15) is 4.31 Å². The summed E-state index contributed by atoms with van der Waals surface area (Å²) in [5.41, 5.74) is 0.253. The first-order valence-corrected chi connectivity index (χ1v) is 10.8. The number of benzene rings is 1. The van der Waals surface area contributed by atoms with Gasteiger partial charge in [-0.1, -0.05) is 17.8 Å². The molecule has 2 aromatic rings. The molecule has 1 saturated heterocycles. The van der Waals surface area contributed by atoms with Crippen LogP contribution in [0.4, 0.5) is 10.8 Å². The van der Waals surface area contributed by atoms with E-state index < -0.39 is 26.9 Å². The molecule has 12 heteroatoms. The molecule has 146 valence electrons. The molecule has 1 aliphatic heterocycles. The number of aromatic nitrogens is 1. The Hall–Kier alpha value is -2.31. The molecule has 27 heavy (non-hydrogen) atoms. The van der Waals surface area contributed by atoms with Crippen LogP contribution >= 0.6 is 11.3 Å². The summed E-state index contributed by atoms with van der Waals surface area (Å²) in [4.78, 5) is 27.4. The summed E-state index contributed by atoms with van der Waals surface area (Å²) in [6.45, 7) is 0.302. The van der Waals surface area contributed by atoms with Crippen molar-refractivity contribution in [2.45, 2.75) is 25.3 Å². The molecule has 1 aromatic heterocycles. The van der Waals surface area contributed by atoms with E-state index in [1.54, 1.807) is 0 Å². The number of hydrogen-bond acceptors (Lipinski definition) is 8. The molecule has 1 amide bonds. The third-order valence-electron chi connectivity index (χ3n) is 4.29. The highest BCUT2D eigenvalue weighted by molar-refractivity contribution is 7.88. The monoisotopic (exact) mass is 414 g/mol. The highest BCUT2D eigenvalue weighted by atomic mass is 32.2. The average molecular weight is 414 g/mol. The fourth-order valence-electron chi connectivity index (χ4n) is 3.05. The molecule has 1 aliphatic rings. The van der Waals surface area contributed by atoms with Gasteiger partial charge in [0.05, 0.1) is 29.1 Å². The zero-order valence-electron chi connectivity index (χ0n) is 14.7. The van der Waals surface area contributed by atoms with Gasteiger partial charge in [-0.25, -0.2) is 13.4 Å². The van der Waals surface area contributed by atoms with Gasteiger partial charge in [0.15, 0.2) is 10.9 Å². The second kappa shape index (κ2) is 7.37. The molecule has 0 radical (unpaired) electrons. The Morgan fingerprint density at radius 3 is 2.81 bits per heavy atom. The summed E-state index contributed by atoms with van der Waals surface area (Å²) >= 11 is 1.06. The maximum absolute atomic E-state index is 12.6. The molecule has 1 fully saturated rings. The number of piperidine rings is 1. The Morgan fingerprint density at radius 2 is 2.19 bits per heavy atom. The van der Waals surface area contributed by atoms with Crippen molar-refractivity contribution in [3.8, 4) is 5.75 Å². The van der Waals surface area contributed by atoms with Gasteiger partial charge in [0.25, 0.3) is 5.69 Å². The molecule has 1 aromatic carbocycles. The van der Waals surface area contributed by atoms with Crippen LogP contribution in [0, 0.1) is 10.1 Å². The lowest BCUT2D eigenvalue weighted by Gasteiger charge is -2.32. The number of anilines is 1. The van der Waals surface area contributed by atoms with E-state index in [0.717, 1.165) is 24.0 Å². The third kappa shape index (κ3) is 4.01. The number of non-ortho nitro benzene ring substituents is 1. The Balaban J connectivity index is 1.89. The van der Waals surface area contributed by atoms with E-state index in [9.17, 15) is 23.3 Å². The Kier molecular flexibility index (Phi) is 5.31. The molecular formula is C15H18N4O6S2. The molecular weight excluding hydrogens is 396 g/mol. The minimum absolute atomic E-state index is 0.142. The first-order valence-electron chi connectivity index (χ1n) is 8.11. The molecule has 3 rings (SSSR count). The number of thiazole rings is 1. The van der Waals surface area contributed by atoms with Gasteiger partial charge >= 0.3 is 0 Å². The Bertz CT molecular complexity index is 1000. The van der Waals surface area contributed by atoms with Gasteiger partial charge in [-0.05, 0) is 12.8 Å². The second-order valence-corrected chi connectivity index (χ2v) is 9.11. The number of carbonyl (C=O) groups excluding carboxylic acids is 1. The number of methoxy groups -OCH3 is 1. The maximum Gasteiger partial charge on any atom is 0.274 e. The lowest BCUT2D eigenvalue weighted by Crippen LogP contribution is -2.49. The van der Waals surface area contributed by atoms with Gasteiger partial charge in [-0.15, -0.1) is 0 Å². The number of rotatable bonds is 5. The predicted molar refractivity (Wildman–Crippen MR) is 101 cm³/mol. The molecule has 0 bridgehead atoms. The van der Waals surface area contributed by atoms with Crippen molar-refractivity contribution in [2.75, 3.05) is 25.2 Å². The summed E-state index contributed by atoms with van der Waals surface area (Å²) in [7, 11) is -2.13. The summed E-state index contributed by atoms with van der Waals surface area (Å²) in [5, 5.41) is 13.9. The normalized spacial score (nSPS) is 18.4. The Morgan fingerprint density at radius 1 is 1.44 bits per heavy atom. The van der Waals surface area contributed by atoms with Gasteiger partial charge in [0, 0.05) is 12.6 Å². The number of nitrogens with one attached hydrogen (secondary N) is 1. The number of nitrogens with zero attached hydrogens (tertiary/aromatic N) is 3. The van der Waals surface area contributed by atoms with Crippen molar-refractivity contribution in [2.24, 2.45) is 0 Å². The lowest BCUT2D eigenvalue weighted by molar-refractivity contribution is -0.384. The molecule has 2 heterocycles. The van der Waals surface area contributed by atoms with Crippen LogP contribution in [-0.2, 0) is 14.8 Å². The largest absolute Gasteiger partial charge is 0.494 e. The van der Waals surface area contributed by atoms with Gasteiger partial charge in [0.2, 0.25) is 15.9 Å². The minimum atomic E-state index is -3.50. The van der Waals surface area contributed by atoms with Crippen molar-refractivity contribution in [1.82, 2.24) is 9.29 Å². The topological polar surface area (TPSA) is 132 Å². The van der Waals surface area contributed by atoms with E-state index >= 15 is 0 Å². The van der Waals surface area contributed by atoms with Crippen LogP contribution < -0.4 is 10.1 Å². The van der Waals surface area contributed by atoms with Crippen molar-refractivity contribution in [1.29, 1.82) is 0 Å². The van der Waals surface area contributed by atoms with E-state index in [0.29, 0.717) is 29.6 Å². The Labute approximate surface area is 159 Å². The molecule has 0 aliphatic carbocycles. The number of nitro benzene ring substituents is 1. The standard InChI is InChI=1S/C15H18N4O6S2/c1-25-11-7-9(19(21)22)8-12-13(11)16-15(26-12)17-14(20)10-5-3-4-6-18(10)27(2,23)24/h7-8,10H,3-6H2,1-2H3,(H,16,17,20). The molecule has 0 spiro atoms. The van der Waals surface area contributed by atoms with Gasteiger partial charge in [0.1, 0.15) is 11.6 Å². The van der Waals surface area contributed by atoms with Crippen LogP contribution in [0.1, 0.15) is 19.3 Å². The smallest absolute Gasteiger partial charge is 0.274 e. The van der Waals surface area contributed by atoms with E-state index in [-0.39, 0.29) is 16.6 Å². The molecule has 1 atom stereocenters. The number of nitro groups is 1. The third-order valence-corrected chi connectivity index (χ3v) is 6.49. The summed E-state index contributed by atoms with van der Waals surface area (Å²) in [6, 6.07) is 1.83. The molecule has 1 N–H and O–H groups in total. The second-order valence-electron chi connectivity index (χ2n) is 6.15. The minimum Gasteiger partial charge on any atom is -0.494 e. The van der Waals surface area contributed by atoms with Gasteiger partial charge < -0.3 is 10.1 Å². The quantitative estimate of drug-likeness (QED) is 0.584. The predicted octanol–water partition coefficient (Wildman–Crippen LogP) is 1.97. The lowest BCUT2D eigenvalue weighted by atomic mass is 10.0. The van der Waals surface area contributed by atoms with E-state index in [2.05, 4.69) is 10.3 Å². The first kappa shape index (κ1) is 19.5. The number of hydrogen-bond donors (Lipinski definition) is 1. The first-order chi connectivity index (χ1) is 12.7. The van der Waals surface area contributed by atoms with E-state index in [1.165, 1.54) is 23.5 Å². The van der Waals surface area contributed by atoms with Crippen LogP contribution in [0.3, 0.4) is 0 Å². The van der Waals surface area contributed by atoms with Crippen LogP contribution in [0.2, 0.25) is 0 Å². The maximum atomic E-state index is 12.6. The average Bonchev–Trinajstić information content (AvgIpc) is 3.02. The number of ether oxygens (including phenoxy) is 1.